The van der Waals surface area contributed by atoms with Crippen molar-refractivity contribution in [1.82, 2.24) is 0 Å². The molecule has 11 heavy (non-hydrogen) atoms. The molecule has 1 aromatic rings. The van der Waals surface area contributed by atoms with E-state index in [4.69, 9.17) is 10.8 Å². The first-order valence-electron chi connectivity index (χ1n) is 3.23. The summed E-state index contributed by atoms with van der Waals surface area (Å²) >= 11 is 0. The lowest BCUT2D eigenvalue weighted by molar-refractivity contribution is 0.0904. The fourth-order valence-electron chi connectivity index (χ4n) is 0.803. The maximum Gasteiger partial charge on any atom is 0.188 e. The van der Waals surface area contributed by atoms with Crippen LogP contribution in [-0.2, 0) is 0 Å². The zero-order valence-corrected chi connectivity index (χ0v) is 5.95. The summed E-state index contributed by atoms with van der Waals surface area (Å²) in [5.41, 5.74) is 6.40. The third kappa shape index (κ3) is 1.78. The van der Waals surface area contributed by atoms with Gasteiger partial charge in [-0.1, -0.05) is 12.1 Å². The van der Waals surface area contributed by atoms with Gasteiger partial charge in [0.1, 0.15) is 6.61 Å². The van der Waals surface area contributed by atoms with Gasteiger partial charge in [0.2, 0.25) is 0 Å². The van der Waals surface area contributed by atoms with Crippen LogP contribution < -0.4 is 5.73 Å². The van der Waals surface area contributed by atoms with Gasteiger partial charge >= 0.3 is 0 Å². The van der Waals surface area contributed by atoms with E-state index in [1.54, 1.807) is 24.3 Å². The molecule has 0 saturated carbocycles. The normalized spacial score (nSPS) is 9.55. The maximum atomic E-state index is 10.9. The third-order valence-electron chi connectivity index (χ3n) is 1.35. The minimum atomic E-state index is -0.469. The predicted molar refractivity (Wildman–Crippen MR) is 42.3 cm³/mol. The average molecular weight is 151 g/mol. The second-order valence-electron chi connectivity index (χ2n) is 2.21. The van der Waals surface area contributed by atoms with Crippen LogP contribution in [0.2, 0.25) is 0 Å². The molecule has 0 aromatic heterocycles. The Labute approximate surface area is 64.5 Å². The van der Waals surface area contributed by atoms with Crippen LogP contribution in [0.15, 0.2) is 24.3 Å². The van der Waals surface area contributed by atoms with Crippen molar-refractivity contribution in [2.24, 2.45) is 0 Å². The highest BCUT2D eigenvalue weighted by atomic mass is 16.3. The van der Waals surface area contributed by atoms with Crippen molar-refractivity contribution in [3.05, 3.63) is 29.8 Å². The minimum absolute atomic E-state index is 0.308. The summed E-state index contributed by atoms with van der Waals surface area (Å²) in [5.74, 6) is -0.308. The second kappa shape index (κ2) is 3.16. The summed E-state index contributed by atoms with van der Waals surface area (Å²) < 4.78 is 0. The minimum Gasteiger partial charge on any atom is -0.399 e. The van der Waals surface area contributed by atoms with Crippen molar-refractivity contribution in [1.29, 1.82) is 0 Å². The van der Waals surface area contributed by atoms with Crippen LogP contribution in [0.25, 0.3) is 0 Å². The van der Waals surface area contributed by atoms with Crippen molar-refractivity contribution >= 4 is 11.5 Å². The van der Waals surface area contributed by atoms with E-state index in [-0.39, 0.29) is 5.78 Å². The molecule has 0 spiro atoms. The lowest BCUT2D eigenvalue weighted by Gasteiger charge is -1.97. The Balaban J connectivity index is 2.96. The zero-order valence-electron chi connectivity index (χ0n) is 5.95. The number of nitrogens with two attached hydrogens (primary N) is 1. The molecule has 3 heteroatoms. The summed E-state index contributed by atoms with van der Waals surface area (Å²) in [7, 11) is 0. The van der Waals surface area contributed by atoms with Crippen molar-refractivity contribution in [3.63, 3.8) is 0 Å². The van der Waals surface area contributed by atoms with E-state index in [1.807, 2.05) is 0 Å². The molecular formula is C8H9NO2. The molecule has 58 valence electrons. The first-order chi connectivity index (χ1) is 5.24. The van der Waals surface area contributed by atoms with Crippen LogP contribution in [0.3, 0.4) is 0 Å². The summed E-state index contributed by atoms with van der Waals surface area (Å²) in [6.07, 6.45) is 0. The van der Waals surface area contributed by atoms with Gasteiger partial charge in [0.15, 0.2) is 5.78 Å². The molecule has 0 fully saturated rings. The Morgan fingerprint density at radius 2 is 2.27 bits per heavy atom. The Hall–Kier alpha value is -1.35. The molecule has 1 rings (SSSR count). The SMILES string of the molecule is Nc1cccc(C(=O)CO)c1. The van der Waals surface area contributed by atoms with Gasteiger partial charge < -0.3 is 10.8 Å². The van der Waals surface area contributed by atoms with Crippen molar-refractivity contribution < 1.29 is 9.90 Å². The average Bonchev–Trinajstić information content (AvgIpc) is 2.03. The summed E-state index contributed by atoms with van der Waals surface area (Å²) in [5, 5.41) is 8.49. The molecule has 0 atom stereocenters. The molecule has 0 radical (unpaired) electrons. The Morgan fingerprint density at radius 3 is 2.82 bits per heavy atom. The van der Waals surface area contributed by atoms with E-state index in [0.29, 0.717) is 11.3 Å². The monoisotopic (exact) mass is 151 g/mol. The predicted octanol–water partition coefficient (Wildman–Crippen LogP) is 0.444. The van der Waals surface area contributed by atoms with E-state index in [2.05, 4.69) is 0 Å². The molecule has 3 nitrogen and oxygen atoms in total. The molecule has 0 saturated heterocycles. The zero-order chi connectivity index (χ0) is 8.27. The molecule has 0 heterocycles. The van der Waals surface area contributed by atoms with Crippen LogP contribution in [0.5, 0.6) is 0 Å². The van der Waals surface area contributed by atoms with Crippen LogP contribution in [0.4, 0.5) is 5.69 Å². The Kier molecular flexibility index (Phi) is 2.23. The first kappa shape index (κ1) is 7.75. The fraction of sp³-hybridized carbons (Fsp3) is 0.125. The topological polar surface area (TPSA) is 63.3 Å². The number of benzene rings is 1. The quantitative estimate of drug-likeness (QED) is 0.476. The number of aliphatic hydroxyl groups excluding tert-OH is 1. The van der Waals surface area contributed by atoms with Gasteiger partial charge in [0.25, 0.3) is 0 Å². The van der Waals surface area contributed by atoms with Crippen molar-refractivity contribution in [2.75, 3.05) is 12.3 Å². The number of hydrogen-bond donors (Lipinski definition) is 2. The van der Waals surface area contributed by atoms with E-state index in [1.165, 1.54) is 0 Å². The highest BCUT2D eigenvalue weighted by Crippen LogP contribution is 2.06. The Bertz CT molecular complexity index is 271. The van der Waals surface area contributed by atoms with E-state index in [0.717, 1.165) is 0 Å². The number of rotatable bonds is 2. The highest BCUT2D eigenvalue weighted by Gasteiger charge is 2.02. The van der Waals surface area contributed by atoms with Crippen LogP contribution in [0, 0.1) is 0 Å². The molecule has 0 aliphatic heterocycles. The van der Waals surface area contributed by atoms with Gasteiger partial charge in [-0.25, -0.2) is 0 Å². The number of ketones is 1. The largest absolute Gasteiger partial charge is 0.399 e. The lowest BCUT2D eigenvalue weighted by atomic mass is 10.1. The molecule has 0 unspecified atom stereocenters. The van der Waals surface area contributed by atoms with E-state index < -0.39 is 6.61 Å². The highest BCUT2D eigenvalue weighted by molar-refractivity contribution is 5.97. The van der Waals surface area contributed by atoms with Crippen molar-refractivity contribution in [3.8, 4) is 0 Å². The van der Waals surface area contributed by atoms with E-state index in [9.17, 15) is 4.79 Å². The van der Waals surface area contributed by atoms with Gasteiger partial charge in [-0.2, -0.15) is 0 Å². The molecule has 0 bridgehead atoms. The molecule has 0 aliphatic carbocycles. The van der Waals surface area contributed by atoms with Gasteiger partial charge in [0, 0.05) is 11.3 Å². The summed E-state index contributed by atoms with van der Waals surface area (Å²) in [4.78, 5) is 10.9. The molecule has 0 amide bonds. The fourth-order valence-corrected chi connectivity index (χ4v) is 0.803. The summed E-state index contributed by atoms with van der Waals surface area (Å²) in [6.45, 7) is -0.469. The third-order valence-corrected chi connectivity index (χ3v) is 1.35. The number of nitrogen functional groups attached to an aromatic ring is 1. The van der Waals surface area contributed by atoms with Crippen LogP contribution in [-0.4, -0.2) is 17.5 Å². The van der Waals surface area contributed by atoms with Crippen molar-refractivity contribution in [2.45, 2.75) is 0 Å². The number of aliphatic hydroxyl groups is 1. The molecule has 3 N–H and O–H groups in total. The number of carbonyl (C=O) groups is 1. The molecule has 1 aromatic carbocycles. The van der Waals surface area contributed by atoms with E-state index >= 15 is 0 Å². The van der Waals surface area contributed by atoms with Gasteiger partial charge in [-0.3, -0.25) is 4.79 Å². The van der Waals surface area contributed by atoms with Gasteiger partial charge in [-0.05, 0) is 12.1 Å². The number of hydrogen-bond acceptors (Lipinski definition) is 3. The van der Waals surface area contributed by atoms with Crippen LogP contribution in [0.1, 0.15) is 10.4 Å². The number of anilines is 1. The second-order valence-corrected chi connectivity index (χ2v) is 2.21. The number of Topliss-reactive ketones (excluding diaryl/α,β-unsaturated/α-hetero) is 1. The maximum absolute atomic E-state index is 10.9. The Morgan fingerprint density at radius 1 is 1.55 bits per heavy atom. The molecular weight excluding hydrogens is 142 g/mol. The van der Waals surface area contributed by atoms with Gasteiger partial charge in [-0.15, -0.1) is 0 Å². The standard InChI is InChI=1S/C8H9NO2/c9-7-3-1-2-6(4-7)8(11)5-10/h1-4,10H,5,9H2. The number of carbonyl (C=O) groups excluding carboxylic acids is 1. The van der Waals surface area contributed by atoms with Crippen LogP contribution >= 0.6 is 0 Å². The first-order valence-corrected chi connectivity index (χ1v) is 3.23. The summed E-state index contributed by atoms with van der Waals surface area (Å²) in [6, 6.07) is 6.53. The molecule has 0 aliphatic rings. The smallest absolute Gasteiger partial charge is 0.188 e. The van der Waals surface area contributed by atoms with Gasteiger partial charge in [0.05, 0.1) is 0 Å². The lowest BCUT2D eigenvalue weighted by Crippen LogP contribution is -2.04.